The van der Waals surface area contributed by atoms with Crippen molar-refractivity contribution >= 4 is 22.9 Å². The summed E-state index contributed by atoms with van der Waals surface area (Å²) in [5, 5.41) is 9.78. The van der Waals surface area contributed by atoms with E-state index in [1.54, 1.807) is 12.3 Å². The molecule has 0 bridgehead atoms. The number of nitrogens with two attached hydrogens (primary N) is 1. The Bertz CT molecular complexity index is 774. The van der Waals surface area contributed by atoms with Crippen LogP contribution >= 0.6 is 12.2 Å². The highest BCUT2D eigenvalue weighted by Gasteiger charge is 2.45. The number of pyridine rings is 1. The second kappa shape index (κ2) is 6.00. The molecule has 1 aliphatic carbocycles. The van der Waals surface area contributed by atoms with Gasteiger partial charge < -0.3 is 15.2 Å². The van der Waals surface area contributed by atoms with Crippen molar-refractivity contribution in [3.05, 3.63) is 35.8 Å². The molecule has 2 unspecified atom stereocenters. The van der Waals surface area contributed by atoms with Gasteiger partial charge in [0.15, 0.2) is 5.69 Å². The molecule has 4 nitrogen and oxygen atoms in total. The van der Waals surface area contributed by atoms with Gasteiger partial charge in [0.2, 0.25) is 0 Å². The third kappa shape index (κ3) is 2.67. The van der Waals surface area contributed by atoms with Crippen molar-refractivity contribution in [2.24, 2.45) is 11.7 Å². The van der Waals surface area contributed by atoms with Gasteiger partial charge in [0.1, 0.15) is 5.65 Å². The zero-order valence-corrected chi connectivity index (χ0v) is 13.7. The van der Waals surface area contributed by atoms with E-state index in [1.807, 2.05) is 0 Å². The molecule has 0 radical (unpaired) electrons. The molecule has 0 amide bonds. The molecule has 0 spiro atoms. The number of hydrogen-bond acceptors (Lipinski definition) is 3. The average molecular weight is 357 g/mol. The van der Waals surface area contributed by atoms with E-state index in [0.29, 0.717) is 6.42 Å². The van der Waals surface area contributed by atoms with Crippen LogP contribution in [0, 0.1) is 5.92 Å². The molecule has 1 fully saturated rings. The molecule has 2 aromatic rings. The number of thiocarbonyl (C=S) groups is 1. The Hall–Kier alpha value is -1.67. The topological polar surface area (TPSA) is 63.5 Å². The summed E-state index contributed by atoms with van der Waals surface area (Å²) in [5.41, 5.74) is 5.34. The predicted molar refractivity (Wildman–Crippen MR) is 87.7 cm³/mol. The van der Waals surface area contributed by atoms with Crippen LogP contribution in [-0.2, 0) is 11.6 Å². The molecule has 0 aliphatic heterocycles. The number of imidazole rings is 1. The molecule has 24 heavy (non-hydrogen) atoms. The highest BCUT2D eigenvalue weighted by Crippen LogP contribution is 2.44. The summed E-state index contributed by atoms with van der Waals surface area (Å²) in [6.45, 7) is -0.0624. The first-order valence-electron chi connectivity index (χ1n) is 7.76. The number of aliphatic hydroxyl groups is 1. The van der Waals surface area contributed by atoms with E-state index in [0.717, 1.165) is 31.0 Å². The zero-order chi connectivity index (χ0) is 17.5. The van der Waals surface area contributed by atoms with Gasteiger partial charge in [0.25, 0.3) is 0 Å². The normalized spacial score (nSPS) is 25.1. The maximum absolute atomic E-state index is 12.9. The molecular weight excluding hydrogens is 339 g/mol. The van der Waals surface area contributed by atoms with Crippen LogP contribution < -0.4 is 5.73 Å². The molecule has 1 aliphatic rings. The Morgan fingerprint density at radius 2 is 2.12 bits per heavy atom. The van der Waals surface area contributed by atoms with Crippen LogP contribution in [0.15, 0.2) is 24.5 Å². The van der Waals surface area contributed by atoms with Crippen LogP contribution in [0.25, 0.3) is 5.65 Å². The SMILES string of the molecule is NC(=S)C1(c2ccc3nc(C(F)(F)F)cn3c2)CCCCC1CO. The van der Waals surface area contributed by atoms with Crippen LogP contribution in [0.2, 0.25) is 0 Å². The number of alkyl halides is 3. The van der Waals surface area contributed by atoms with E-state index >= 15 is 0 Å². The summed E-state index contributed by atoms with van der Waals surface area (Å²) in [6, 6.07) is 3.25. The van der Waals surface area contributed by atoms with Crippen molar-refractivity contribution < 1.29 is 18.3 Å². The number of aromatic nitrogens is 2. The van der Waals surface area contributed by atoms with Crippen LogP contribution in [0.5, 0.6) is 0 Å². The smallest absolute Gasteiger partial charge is 0.396 e. The van der Waals surface area contributed by atoms with Crippen LogP contribution in [-0.4, -0.2) is 26.1 Å². The van der Waals surface area contributed by atoms with Gasteiger partial charge in [-0.25, -0.2) is 4.98 Å². The van der Waals surface area contributed by atoms with Crippen molar-refractivity contribution in [3.8, 4) is 0 Å². The van der Waals surface area contributed by atoms with Crippen LogP contribution in [0.4, 0.5) is 13.2 Å². The van der Waals surface area contributed by atoms with Crippen molar-refractivity contribution in [1.29, 1.82) is 0 Å². The standard InChI is InChI=1S/C16H18F3N3OS/c17-16(18,19)12-8-22-7-10(4-5-13(22)21-12)15(14(20)24)6-2-1-3-11(15)9-23/h4-5,7-8,11,23H,1-3,6,9H2,(H2,20,24). The molecule has 8 heteroatoms. The summed E-state index contributed by atoms with van der Waals surface area (Å²) in [6.07, 6.45) is 1.41. The minimum absolute atomic E-state index is 0.0624. The minimum atomic E-state index is -4.49. The highest BCUT2D eigenvalue weighted by molar-refractivity contribution is 7.80. The number of hydrogen-bond donors (Lipinski definition) is 2. The maximum Gasteiger partial charge on any atom is 0.434 e. The number of aliphatic hydroxyl groups excluding tert-OH is 1. The first kappa shape index (κ1) is 17.2. The van der Waals surface area contributed by atoms with Gasteiger partial charge in [-0.1, -0.05) is 31.1 Å². The molecule has 0 saturated heterocycles. The lowest BCUT2D eigenvalue weighted by molar-refractivity contribution is -0.140. The Kier molecular flexibility index (Phi) is 4.29. The van der Waals surface area contributed by atoms with Crippen molar-refractivity contribution in [2.75, 3.05) is 6.61 Å². The first-order valence-corrected chi connectivity index (χ1v) is 8.17. The fourth-order valence-corrected chi connectivity index (χ4v) is 4.12. The second-order valence-corrected chi connectivity index (χ2v) is 6.71. The lowest BCUT2D eigenvalue weighted by atomic mass is 9.63. The van der Waals surface area contributed by atoms with Gasteiger partial charge in [-0.05, 0) is 30.4 Å². The number of fused-ring (bicyclic) bond motifs is 1. The Labute approximate surface area is 142 Å². The molecular formula is C16H18F3N3OS. The molecule has 0 aromatic carbocycles. The quantitative estimate of drug-likeness (QED) is 0.829. The summed E-state index contributed by atoms with van der Waals surface area (Å²) < 4.78 is 39.9. The first-order chi connectivity index (χ1) is 11.3. The number of nitrogens with zero attached hydrogens (tertiary/aromatic N) is 2. The van der Waals surface area contributed by atoms with E-state index in [-0.39, 0.29) is 23.2 Å². The second-order valence-electron chi connectivity index (χ2n) is 6.27. The van der Waals surface area contributed by atoms with Gasteiger partial charge in [0, 0.05) is 19.0 Å². The van der Waals surface area contributed by atoms with Crippen molar-refractivity contribution in [3.63, 3.8) is 0 Å². The van der Waals surface area contributed by atoms with E-state index in [1.165, 1.54) is 10.5 Å². The van der Waals surface area contributed by atoms with E-state index < -0.39 is 17.3 Å². The van der Waals surface area contributed by atoms with Crippen LogP contribution in [0.1, 0.15) is 36.9 Å². The molecule has 3 rings (SSSR count). The van der Waals surface area contributed by atoms with E-state index in [9.17, 15) is 18.3 Å². The third-order valence-electron chi connectivity index (χ3n) is 4.99. The molecule has 2 atom stereocenters. The summed E-state index contributed by atoms with van der Waals surface area (Å²) in [4.78, 5) is 3.88. The summed E-state index contributed by atoms with van der Waals surface area (Å²) in [5.74, 6) is -0.133. The Morgan fingerprint density at radius 3 is 2.75 bits per heavy atom. The van der Waals surface area contributed by atoms with Gasteiger partial charge in [-0.15, -0.1) is 0 Å². The monoisotopic (exact) mass is 357 g/mol. The van der Waals surface area contributed by atoms with Crippen LogP contribution in [0.3, 0.4) is 0 Å². The Balaban J connectivity index is 2.13. The minimum Gasteiger partial charge on any atom is -0.396 e. The van der Waals surface area contributed by atoms with Gasteiger partial charge in [0.05, 0.1) is 10.4 Å². The lowest BCUT2D eigenvalue weighted by Gasteiger charge is -2.43. The largest absolute Gasteiger partial charge is 0.434 e. The predicted octanol–water partition coefficient (Wildman–Crippen LogP) is 3.06. The van der Waals surface area contributed by atoms with E-state index in [2.05, 4.69) is 4.98 Å². The molecule has 2 aromatic heterocycles. The lowest BCUT2D eigenvalue weighted by Crippen LogP contribution is -2.49. The number of halogens is 3. The van der Waals surface area contributed by atoms with Gasteiger partial charge in [-0.2, -0.15) is 13.2 Å². The van der Waals surface area contributed by atoms with E-state index in [4.69, 9.17) is 18.0 Å². The molecule has 2 heterocycles. The van der Waals surface area contributed by atoms with Gasteiger partial charge >= 0.3 is 6.18 Å². The fourth-order valence-electron chi connectivity index (χ4n) is 3.73. The highest BCUT2D eigenvalue weighted by atomic mass is 32.1. The molecule has 130 valence electrons. The van der Waals surface area contributed by atoms with Gasteiger partial charge in [-0.3, -0.25) is 0 Å². The van der Waals surface area contributed by atoms with Crippen molar-refractivity contribution in [1.82, 2.24) is 9.38 Å². The average Bonchev–Trinajstić information content (AvgIpc) is 2.97. The fraction of sp³-hybridized carbons (Fsp3) is 0.500. The summed E-state index contributed by atoms with van der Waals surface area (Å²) in [7, 11) is 0. The molecule has 1 saturated carbocycles. The Morgan fingerprint density at radius 1 is 1.38 bits per heavy atom. The summed E-state index contributed by atoms with van der Waals surface area (Å²) >= 11 is 5.30. The third-order valence-corrected chi connectivity index (χ3v) is 5.35. The maximum atomic E-state index is 12.9. The zero-order valence-electron chi connectivity index (χ0n) is 12.9. The molecule has 3 N–H and O–H groups in total. The number of rotatable bonds is 3. The van der Waals surface area contributed by atoms with Crippen molar-refractivity contribution in [2.45, 2.75) is 37.3 Å².